The van der Waals surface area contributed by atoms with Gasteiger partial charge >= 0.3 is 0 Å². The Hall–Kier alpha value is -1.36. The van der Waals surface area contributed by atoms with Crippen molar-refractivity contribution in [1.29, 1.82) is 0 Å². The zero-order valence-corrected chi connectivity index (χ0v) is 13.7. The number of nitrogens with one attached hydrogen (secondary N) is 1. The normalized spacial score (nSPS) is 16.4. The zero-order chi connectivity index (χ0) is 15.4. The SMILES string of the molecule is CCn1nc(C)cc1C(=O)N(CC1CCNCC1)C(C)C. The highest BCUT2D eigenvalue weighted by molar-refractivity contribution is 5.93. The van der Waals surface area contributed by atoms with Crippen LogP contribution in [0.25, 0.3) is 0 Å². The fourth-order valence-corrected chi connectivity index (χ4v) is 2.98. The molecule has 1 saturated heterocycles. The number of aryl methyl sites for hydroxylation is 2. The molecule has 0 saturated carbocycles. The molecule has 0 atom stereocenters. The molecule has 0 radical (unpaired) electrons. The van der Waals surface area contributed by atoms with Crippen molar-refractivity contribution in [3.05, 3.63) is 17.5 Å². The monoisotopic (exact) mass is 292 g/mol. The minimum atomic E-state index is 0.117. The van der Waals surface area contributed by atoms with Gasteiger partial charge in [0.25, 0.3) is 5.91 Å². The smallest absolute Gasteiger partial charge is 0.272 e. The van der Waals surface area contributed by atoms with Gasteiger partial charge in [-0.2, -0.15) is 5.10 Å². The number of hydrogen-bond donors (Lipinski definition) is 1. The predicted molar refractivity (Wildman–Crippen MR) is 84.4 cm³/mol. The van der Waals surface area contributed by atoms with E-state index in [1.165, 1.54) is 0 Å². The van der Waals surface area contributed by atoms with E-state index in [9.17, 15) is 4.79 Å². The van der Waals surface area contributed by atoms with E-state index in [1.807, 2.05) is 29.5 Å². The second-order valence-electron chi connectivity index (χ2n) is 6.23. The van der Waals surface area contributed by atoms with Crippen molar-refractivity contribution in [3.8, 4) is 0 Å². The van der Waals surface area contributed by atoms with Crippen LogP contribution in [0, 0.1) is 12.8 Å². The first-order valence-electron chi connectivity index (χ1n) is 8.09. The number of aromatic nitrogens is 2. The molecule has 0 spiro atoms. The van der Waals surface area contributed by atoms with Crippen LogP contribution in [0.2, 0.25) is 0 Å². The highest BCUT2D eigenvalue weighted by Crippen LogP contribution is 2.18. The number of hydrogen-bond acceptors (Lipinski definition) is 3. The Labute approximate surface area is 127 Å². The van der Waals surface area contributed by atoms with Gasteiger partial charge in [0.2, 0.25) is 0 Å². The van der Waals surface area contributed by atoms with E-state index in [0.717, 1.165) is 50.4 Å². The van der Waals surface area contributed by atoms with Crippen molar-refractivity contribution in [1.82, 2.24) is 20.0 Å². The van der Waals surface area contributed by atoms with Crippen LogP contribution in [0.15, 0.2) is 6.07 Å². The fraction of sp³-hybridized carbons (Fsp3) is 0.750. The van der Waals surface area contributed by atoms with E-state index in [-0.39, 0.29) is 11.9 Å². The number of carbonyl (C=O) groups is 1. The van der Waals surface area contributed by atoms with Gasteiger partial charge in [-0.25, -0.2) is 0 Å². The first-order chi connectivity index (χ1) is 10.0. The Morgan fingerprint density at radius 3 is 2.71 bits per heavy atom. The van der Waals surface area contributed by atoms with Crippen molar-refractivity contribution in [3.63, 3.8) is 0 Å². The number of piperidine rings is 1. The van der Waals surface area contributed by atoms with Crippen LogP contribution in [-0.2, 0) is 6.54 Å². The Balaban J connectivity index is 2.14. The molecular weight excluding hydrogens is 264 g/mol. The summed E-state index contributed by atoms with van der Waals surface area (Å²) < 4.78 is 1.81. The summed E-state index contributed by atoms with van der Waals surface area (Å²) in [5.41, 5.74) is 1.63. The molecule has 0 bridgehead atoms. The van der Waals surface area contributed by atoms with E-state index in [2.05, 4.69) is 24.3 Å². The van der Waals surface area contributed by atoms with Crippen LogP contribution in [0.4, 0.5) is 0 Å². The second-order valence-corrected chi connectivity index (χ2v) is 6.23. The van der Waals surface area contributed by atoms with Gasteiger partial charge in [-0.15, -0.1) is 0 Å². The fourth-order valence-electron chi connectivity index (χ4n) is 2.98. The minimum Gasteiger partial charge on any atom is -0.335 e. The van der Waals surface area contributed by atoms with Gasteiger partial charge in [0.1, 0.15) is 5.69 Å². The molecule has 5 nitrogen and oxygen atoms in total. The van der Waals surface area contributed by atoms with Crippen LogP contribution in [0.5, 0.6) is 0 Å². The summed E-state index contributed by atoms with van der Waals surface area (Å²) in [6, 6.07) is 2.12. The molecule has 0 aromatic carbocycles. The molecule has 5 heteroatoms. The van der Waals surface area contributed by atoms with E-state index in [0.29, 0.717) is 5.92 Å². The molecular formula is C16H28N4O. The largest absolute Gasteiger partial charge is 0.335 e. The van der Waals surface area contributed by atoms with Crippen LogP contribution >= 0.6 is 0 Å². The van der Waals surface area contributed by atoms with Gasteiger partial charge in [0.05, 0.1) is 5.69 Å². The highest BCUT2D eigenvalue weighted by Gasteiger charge is 2.26. The summed E-state index contributed by atoms with van der Waals surface area (Å²) in [5.74, 6) is 0.725. The van der Waals surface area contributed by atoms with Crippen molar-refractivity contribution in [2.75, 3.05) is 19.6 Å². The lowest BCUT2D eigenvalue weighted by Crippen LogP contribution is -2.43. The number of amides is 1. The quantitative estimate of drug-likeness (QED) is 0.904. The van der Waals surface area contributed by atoms with E-state index >= 15 is 0 Å². The molecule has 21 heavy (non-hydrogen) atoms. The molecule has 1 aromatic rings. The van der Waals surface area contributed by atoms with Gasteiger partial charge in [0.15, 0.2) is 0 Å². The van der Waals surface area contributed by atoms with Crippen LogP contribution < -0.4 is 5.32 Å². The van der Waals surface area contributed by atoms with Crippen LogP contribution in [0.1, 0.15) is 49.8 Å². The van der Waals surface area contributed by atoms with Crippen molar-refractivity contribution in [2.45, 2.75) is 53.1 Å². The maximum atomic E-state index is 12.9. The van der Waals surface area contributed by atoms with Gasteiger partial charge < -0.3 is 10.2 Å². The molecule has 0 aliphatic carbocycles. The average molecular weight is 292 g/mol. The zero-order valence-electron chi connectivity index (χ0n) is 13.7. The topological polar surface area (TPSA) is 50.2 Å². The summed E-state index contributed by atoms with van der Waals surface area (Å²) >= 11 is 0. The first-order valence-corrected chi connectivity index (χ1v) is 8.09. The maximum Gasteiger partial charge on any atom is 0.272 e. The van der Waals surface area contributed by atoms with Gasteiger partial charge in [-0.1, -0.05) is 0 Å². The van der Waals surface area contributed by atoms with Crippen LogP contribution in [-0.4, -0.2) is 46.3 Å². The molecule has 118 valence electrons. The molecule has 2 heterocycles. The second kappa shape index (κ2) is 7.07. The summed E-state index contributed by atoms with van der Waals surface area (Å²) in [5, 5.41) is 7.78. The van der Waals surface area contributed by atoms with E-state index < -0.39 is 0 Å². The Morgan fingerprint density at radius 1 is 1.48 bits per heavy atom. The Bertz CT molecular complexity index is 475. The number of nitrogens with zero attached hydrogens (tertiary/aromatic N) is 3. The van der Waals surface area contributed by atoms with Crippen molar-refractivity contribution < 1.29 is 4.79 Å². The summed E-state index contributed by atoms with van der Waals surface area (Å²) in [4.78, 5) is 14.9. The van der Waals surface area contributed by atoms with Crippen LogP contribution in [0.3, 0.4) is 0 Å². The molecule has 1 aliphatic rings. The third-order valence-corrected chi connectivity index (χ3v) is 4.22. The lowest BCUT2D eigenvalue weighted by molar-refractivity contribution is 0.0645. The van der Waals surface area contributed by atoms with Crippen molar-refractivity contribution >= 4 is 5.91 Å². The molecule has 1 fully saturated rings. The third-order valence-electron chi connectivity index (χ3n) is 4.22. The lowest BCUT2D eigenvalue weighted by Gasteiger charge is -2.32. The third kappa shape index (κ3) is 3.84. The molecule has 1 N–H and O–H groups in total. The Kier molecular flexibility index (Phi) is 5.39. The average Bonchev–Trinajstić information content (AvgIpc) is 2.86. The van der Waals surface area contributed by atoms with Gasteiger partial charge in [0, 0.05) is 19.1 Å². The minimum absolute atomic E-state index is 0.117. The standard InChI is InChI=1S/C16H28N4O/c1-5-20-15(10-13(4)18-20)16(21)19(12(2)3)11-14-6-8-17-9-7-14/h10,12,14,17H,5-9,11H2,1-4H3. The Morgan fingerprint density at radius 2 is 2.14 bits per heavy atom. The molecule has 1 amide bonds. The van der Waals surface area contributed by atoms with Gasteiger partial charge in [-0.05, 0) is 65.6 Å². The summed E-state index contributed by atoms with van der Waals surface area (Å²) in [7, 11) is 0. The number of rotatable bonds is 5. The molecule has 1 aliphatic heterocycles. The van der Waals surface area contributed by atoms with E-state index in [1.54, 1.807) is 0 Å². The van der Waals surface area contributed by atoms with Gasteiger partial charge in [-0.3, -0.25) is 9.48 Å². The van der Waals surface area contributed by atoms with Crippen molar-refractivity contribution in [2.24, 2.45) is 5.92 Å². The summed E-state index contributed by atoms with van der Waals surface area (Å²) in [6.45, 7) is 11.9. The lowest BCUT2D eigenvalue weighted by atomic mass is 9.97. The molecule has 1 aromatic heterocycles. The molecule has 2 rings (SSSR count). The first kappa shape index (κ1) is 16.0. The van der Waals surface area contributed by atoms with E-state index in [4.69, 9.17) is 0 Å². The highest BCUT2D eigenvalue weighted by atomic mass is 16.2. The maximum absolute atomic E-state index is 12.9. The predicted octanol–water partition coefficient (Wildman–Crippen LogP) is 2.06. The summed E-state index contributed by atoms with van der Waals surface area (Å²) in [6.07, 6.45) is 2.31. The number of carbonyl (C=O) groups excluding carboxylic acids is 1. The molecule has 0 unspecified atom stereocenters.